The molecular formula is C14H12F5N2+. The molecule has 0 unspecified atom stereocenters. The van der Waals surface area contributed by atoms with Crippen molar-refractivity contribution in [3.05, 3.63) is 47.3 Å². The van der Waals surface area contributed by atoms with Gasteiger partial charge in [-0.25, -0.2) is 13.3 Å². The molecule has 0 aliphatic carbocycles. The van der Waals surface area contributed by atoms with Crippen LogP contribution in [-0.2, 0) is 19.6 Å². The van der Waals surface area contributed by atoms with Gasteiger partial charge >= 0.3 is 12.0 Å². The largest absolute Gasteiger partial charge is 0.423 e. The van der Waals surface area contributed by atoms with E-state index in [0.717, 1.165) is 16.8 Å². The summed E-state index contributed by atoms with van der Waals surface area (Å²) >= 11 is 0. The van der Waals surface area contributed by atoms with Crippen LogP contribution in [0.3, 0.4) is 0 Å². The van der Waals surface area contributed by atoms with Crippen molar-refractivity contribution in [3.8, 4) is 11.4 Å². The van der Waals surface area contributed by atoms with Crippen LogP contribution < -0.4 is 4.57 Å². The molecule has 1 aromatic heterocycles. The zero-order valence-corrected chi connectivity index (χ0v) is 11.3. The lowest BCUT2D eigenvalue weighted by molar-refractivity contribution is -0.664. The van der Waals surface area contributed by atoms with Gasteiger partial charge in [0.25, 0.3) is 0 Å². The van der Waals surface area contributed by atoms with Crippen LogP contribution in [0.1, 0.15) is 18.1 Å². The molecular weight excluding hydrogens is 291 g/mol. The molecule has 21 heavy (non-hydrogen) atoms. The van der Waals surface area contributed by atoms with Gasteiger partial charge in [0.2, 0.25) is 0 Å². The first-order valence-electron chi connectivity index (χ1n) is 6.15. The Kier molecular flexibility index (Phi) is 3.93. The highest BCUT2D eigenvalue weighted by atomic mass is 19.4. The molecule has 0 radical (unpaired) electrons. The summed E-state index contributed by atoms with van der Waals surface area (Å²) in [5, 5.41) is 0. The number of halogens is 5. The van der Waals surface area contributed by atoms with E-state index < -0.39 is 23.4 Å². The summed E-state index contributed by atoms with van der Waals surface area (Å²) in [5.74, 6) is -1.57. The first-order valence-corrected chi connectivity index (χ1v) is 6.15. The zero-order chi connectivity index (χ0) is 15.8. The van der Waals surface area contributed by atoms with Crippen LogP contribution in [-0.4, -0.2) is 4.98 Å². The topological polar surface area (TPSA) is 16.8 Å². The second-order valence-electron chi connectivity index (χ2n) is 4.55. The van der Waals surface area contributed by atoms with Gasteiger partial charge < -0.3 is 0 Å². The van der Waals surface area contributed by atoms with Crippen LogP contribution in [0.25, 0.3) is 11.4 Å². The standard InChI is InChI=1S/C14H12F5N2/c1-3-8-4-10(15)5-11(16)12(8)13-20-6-9(7-21(13)2)14(17,18)19/h4-7H,3H2,1-2H3/q+1. The van der Waals surface area contributed by atoms with Crippen LogP contribution in [0.4, 0.5) is 22.0 Å². The van der Waals surface area contributed by atoms with Crippen molar-refractivity contribution in [2.75, 3.05) is 0 Å². The molecule has 2 rings (SSSR count). The molecule has 7 heteroatoms. The fourth-order valence-electron chi connectivity index (χ4n) is 2.07. The van der Waals surface area contributed by atoms with Gasteiger partial charge in [0.15, 0.2) is 6.20 Å². The Morgan fingerprint density at radius 1 is 1.19 bits per heavy atom. The van der Waals surface area contributed by atoms with Crippen molar-refractivity contribution < 1.29 is 26.5 Å². The van der Waals surface area contributed by atoms with E-state index in [2.05, 4.69) is 4.98 Å². The number of hydrogen-bond donors (Lipinski definition) is 0. The molecule has 0 bridgehead atoms. The van der Waals surface area contributed by atoms with E-state index in [9.17, 15) is 22.0 Å². The summed E-state index contributed by atoms with van der Waals surface area (Å²) in [4.78, 5) is 3.69. The van der Waals surface area contributed by atoms with Crippen LogP contribution in [0.15, 0.2) is 24.5 Å². The van der Waals surface area contributed by atoms with Crippen molar-refractivity contribution in [3.63, 3.8) is 0 Å². The second-order valence-corrected chi connectivity index (χ2v) is 4.55. The van der Waals surface area contributed by atoms with E-state index in [1.807, 2.05) is 0 Å². The number of nitrogens with zero attached hydrogens (tertiary/aromatic N) is 2. The molecule has 0 spiro atoms. The van der Waals surface area contributed by atoms with Gasteiger partial charge in [-0.15, -0.1) is 0 Å². The third kappa shape index (κ3) is 3.01. The normalized spacial score (nSPS) is 11.8. The average Bonchev–Trinajstić information content (AvgIpc) is 2.37. The van der Waals surface area contributed by atoms with Crippen molar-refractivity contribution in [1.29, 1.82) is 0 Å². The monoisotopic (exact) mass is 303 g/mol. The molecule has 0 amide bonds. The van der Waals surface area contributed by atoms with Gasteiger partial charge in [-0.05, 0) is 23.0 Å². The van der Waals surface area contributed by atoms with E-state index in [1.54, 1.807) is 6.92 Å². The molecule has 0 saturated carbocycles. The molecule has 1 aromatic carbocycles. The van der Waals surface area contributed by atoms with Crippen LogP contribution >= 0.6 is 0 Å². The van der Waals surface area contributed by atoms with E-state index in [1.165, 1.54) is 7.05 Å². The predicted octanol–water partition coefficient (Wildman–Crippen LogP) is 3.43. The highest BCUT2D eigenvalue weighted by Crippen LogP contribution is 2.29. The Morgan fingerprint density at radius 2 is 1.86 bits per heavy atom. The highest BCUT2D eigenvalue weighted by molar-refractivity contribution is 5.59. The van der Waals surface area contributed by atoms with Crippen molar-refractivity contribution >= 4 is 0 Å². The molecule has 0 fully saturated rings. The molecule has 1 heterocycles. The van der Waals surface area contributed by atoms with Crippen LogP contribution in [0, 0.1) is 11.6 Å². The lowest BCUT2D eigenvalue weighted by Gasteiger charge is -2.09. The van der Waals surface area contributed by atoms with Gasteiger partial charge in [-0.3, -0.25) is 0 Å². The van der Waals surface area contributed by atoms with E-state index >= 15 is 0 Å². The summed E-state index contributed by atoms with van der Waals surface area (Å²) in [7, 11) is 1.33. The SMILES string of the molecule is CCc1cc(F)cc(F)c1-c1ncc(C(F)(F)F)c[n+]1C. The maximum absolute atomic E-state index is 14.0. The second kappa shape index (κ2) is 5.38. The summed E-state index contributed by atoms with van der Waals surface area (Å²) in [5.41, 5.74) is -0.584. The summed E-state index contributed by atoms with van der Waals surface area (Å²) in [6.45, 7) is 1.70. The number of hydrogen-bond acceptors (Lipinski definition) is 1. The number of rotatable bonds is 2. The molecule has 0 aliphatic heterocycles. The lowest BCUT2D eigenvalue weighted by atomic mass is 10.0. The predicted molar refractivity (Wildman–Crippen MR) is 65.1 cm³/mol. The maximum atomic E-state index is 14.0. The molecule has 0 aliphatic rings. The Morgan fingerprint density at radius 3 is 2.38 bits per heavy atom. The van der Waals surface area contributed by atoms with Crippen LogP contribution in [0.5, 0.6) is 0 Å². The Hall–Kier alpha value is -2.05. The van der Waals surface area contributed by atoms with E-state index in [-0.39, 0.29) is 11.4 Å². The number of alkyl halides is 3. The minimum absolute atomic E-state index is 0.00937. The third-order valence-corrected chi connectivity index (χ3v) is 3.06. The smallest absolute Gasteiger partial charge is 0.232 e. The van der Waals surface area contributed by atoms with Crippen LogP contribution in [0.2, 0.25) is 0 Å². The molecule has 2 aromatic rings. The molecule has 0 N–H and O–H groups in total. The Labute approximate surface area is 117 Å². The van der Waals surface area contributed by atoms with Gasteiger partial charge in [-0.1, -0.05) is 6.92 Å². The molecule has 2 nitrogen and oxygen atoms in total. The number of aromatic nitrogens is 2. The van der Waals surface area contributed by atoms with Gasteiger partial charge in [0.05, 0.1) is 7.05 Å². The quantitative estimate of drug-likeness (QED) is 0.613. The van der Waals surface area contributed by atoms with Crippen molar-refractivity contribution in [1.82, 2.24) is 4.98 Å². The average molecular weight is 303 g/mol. The van der Waals surface area contributed by atoms with E-state index in [0.29, 0.717) is 24.2 Å². The number of benzene rings is 1. The lowest BCUT2D eigenvalue weighted by Crippen LogP contribution is -2.34. The van der Waals surface area contributed by atoms with E-state index in [4.69, 9.17) is 0 Å². The molecule has 112 valence electrons. The highest BCUT2D eigenvalue weighted by Gasteiger charge is 2.35. The fraction of sp³-hybridized carbons (Fsp3) is 0.286. The summed E-state index contributed by atoms with van der Waals surface area (Å²) < 4.78 is 66.1. The minimum Gasteiger partial charge on any atom is -0.232 e. The summed E-state index contributed by atoms with van der Waals surface area (Å²) in [6.07, 6.45) is -2.74. The van der Waals surface area contributed by atoms with Crippen molar-refractivity contribution in [2.24, 2.45) is 7.05 Å². The van der Waals surface area contributed by atoms with Crippen molar-refractivity contribution in [2.45, 2.75) is 19.5 Å². The van der Waals surface area contributed by atoms with Gasteiger partial charge in [-0.2, -0.15) is 13.2 Å². The Balaban J connectivity index is 2.63. The first kappa shape index (κ1) is 15.3. The summed E-state index contributed by atoms with van der Waals surface area (Å²) in [6, 6.07) is 1.84. The Bertz CT molecular complexity index is 680. The fourth-order valence-corrected chi connectivity index (χ4v) is 2.07. The van der Waals surface area contributed by atoms with Gasteiger partial charge in [0.1, 0.15) is 29.0 Å². The minimum atomic E-state index is -4.53. The number of aryl methyl sites for hydroxylation is 2. The van der Waals surface area contributed by atoms with Gasteiger partial charge in [0, 0.05) is 6.07 Å². The third-order valence-electron chi connectivity index (χ3n) is 3.06. The maximum Gasteiger partial charge on any atom is 0.423 e. The first-order chi connectivity index (χ1) is 9.74. The molecule has 0 saturated heterocycles. The molecule has 0 atom stereocenters. The zero-order valence-electron chi connectivity index (χ0n) is 11.3.